The Bertz CT molecular complexity index is 864. The van der Waals surface area contributed by atoms with Crippen molar-refractivity contribution in [3.63, 3.8) is 0 Å². The van der Waals surface area contributed by atoms with Crippen LogP contribution in [-0.2, 0) is 11.3 Å². The van der Waals surface area contributed by atoms with Crippen LogP contribution in [0.25, 0.3) is 11.0 Å². The largest absolute Gasteiger partial charge is 0.445 e. The van der Waals surface area contributed by atoms with Gasteiger partial charge in [-0.05, 0) is 54.9 Å². The van der Waals surface area contributed by atoms with Crippen molar-refractivity contribution in [1.82, 2.24) is 20.3 Å². The first-order valence-electron chi connectivity index (χ1n) is 7.42. The maximum Gasteiger partial charge on any atom is 0.407 e. The van der Waals surface area contributed by atoms with Crippen LogP contribution in [0.2, 0.25) is 0 Å². The Morgan fingerprint density at radius 1 is 1.52 bits per heavy atom. The van der Waals surface area contributed by atoms with E-state index in [-0.39, 0.29) is 13.2 Å². The van der Waals surface area contributed by atoms with E-state index >= 15 is 0 Å². The molecule has 25 heavy (non-hydrogen) atoms. The topological polar surface area (TPSA) is 92.8 Å². The number of fused-ring (bicyclic) bond motifs is 1. The molecule has 7 nitrogen and oxygen atoms in total. The van der Waals surface area contributed by atoms with E-state index in [2.05, 4.69) is 31.6 Å². The average molecular weight is 410 g/mol. The average Bonchev–Trinajstić information content (AvgIpc) is 2.88. The number of allylic oxidation sites excluding steroid dienone is 1. The van der Waals surface area contributed by atoms with Crippen LogP contribution < -0.4 is 5.32 Å². The number of benzene rings is 1. The Hall–Kier alpha value is -2.47. The third kappa shape index (κ3) is 5.26. The summed E-state index contributed by atoms with van der Waals surface area (Å²) in [5, 5.41) is 19.5. The van der Waals surface area contributed by atoms with Crippen LogP contribution in [0.15, 0.2) is 28.5 Å². The Morgan fingerprint density at radius 3 is 2.88 bits per heavy atom. The molecule has 9 heteroatoms. The summed E-state index contributed by atoms with van der Waals surface area (Å²) in [6.07, 6.45) is 0.532. The van der Waals surface area contributed by atoms with E-state index in [1.54, 1.807) is 12.1 Å². The first-order valence-corrected chi connectivity index (χ1v) is 8.21. The van der Waals surface area contributed by atoms with E-state index < -0.39 is 17.5 Å². The van der Waals surface area contributed by atoms with Gasteiger partial charge in [0.2, 0.25) is 0 Å². The molecule has 0 fully saturated rings. The standard InChI is InChI=1S/C16H17BrFN5O2/c1-16(2,3)20-15(24)25-5-4-11(18)9-23-13-7-10(8-19)6-12(17)14(13)21-22-23/h4,6-7H,5,9H2,1-3H3,(H,20,24)/b11-4-. The summed E-state index contributed by atoms with van der Waals surface area (Å²) < 4.78 is 20.9. The second-order valence-corrected chi connectivity index (χ2v) is 7.16. The molecule has 0 atom stereocenters. The van der Waals surface area contributed by atoms with Gasteiger partial charge in [-0.25, -0.2) is 13.9 Å². The second-order valence-electron chi connectivity index (χ2n) is 6.31. The van der Waals surface area contributed by atoms with Gasteiger partial charge in [-0.15, -0.1) is 5.10 Å². The molecule has 0 spiro atoms. The lowest BCUT2D eigenvalue weighted by molar-refractivity contribution is 0.148. The molecule has 0 unspecified atom stereocenters. The Morgan fingerprint density at radius 2 is 2.24 bits per heavy atom. The number of ether oxygens (including phenoxy) is 1. The zero-order valence-electron chi connectivity index (χ0n) is 14.0. The lowest BCUT2D eigenvalue weighted by atomic mass is 10.1. The Kier molecular flexibility index (Phi) is 5.74. The number of nitrogens with one attached hydrogen (secondary N) is 1. The van der Waals surface area contributed by atoms with Crippen LogP contribution in [0.3, 0.4) is 0 Å². The van der Waals surface area contributed by atoms with Crippen molar-refractivity contribution >= 4 is 33.1 Å². The van der Waals surface area contributed by atoms with Gasteiger partial charge < -0.3 is 10.1 Å². The van der Waals surface area contributed by atoms with Gasteiger partial charge in [0, 0.05) is 10.0 Å². The van der Waals surface area contributed by atoms with Crippen LogP contribution >= 0.6 is 15.9 Å². The summed E-state index contributed by atoms with van der Waals surface area (Å²) in [7, 11) is 0. The first-order chi connectivity index (χ1) is 11.7. The van der Waals surface area contributed by atoms with Gasteiger partial charge in [0.15, 0.2) is 0 Å². The fraction of sp³-hybridized carbons (Fsp3) is 0.375. The van der Waals surface area contributed by atoms with Gasteiger partial charge in [0.25, 0.3) is 0 Å². The highest BCUT2D eigenvalue weighted by Crippen LogP contribution is 2.24. The summed E-state index contributed by atoms with van der Waals surface area (Å²) in [6.45, 7) is 5.06. The number of aromatic nitrogens is 3. The third-order valence-corrected chi connectivity index (χ3v) is 3.60. The fourth-order valence-electron chi connectivity index (χ4n) is 1.97. The van der Waals surface area contributed by atoms with Gasteiger partial charge in [-0.2, -0.15) is 5.26 Å². The molecule has 132 valence electrons. The minimum Gasteiger partial charge on any atom is -0.445 e. The predicted molar refractivity (Wildman–Crippen MR) is 93.4 cm³/mol. The zero-order chi connectivity index (χ0) is 18.6. The first kappa shape index (κ1) is 18.9. The van der Waals surface area contributed by atoms with E-state index in [0.29, 0.717) is 21.1 Å². The molecule has 2 aromatic rings. The van der Waals surface area contributed by atoms with Gasteiger partial charge >= 0.3 is 6.09 Å². The molecule has 0 radical (unpaired) electrons. The van der Waals surface area contributed by atoms with E-state index in [4.69, 9.17) is 10.00 Å². The highest BCUT2D eigenvalue weighted by atomic mass is 79.9. The van der Waals surface area contributed by atoms with Crippen molar-refractivity contribution < 1.29 is 13.9 Å². The molecule has 1 amide bonds. The number of carbonyl (C=O) groups is 1. The summed E-state index contributed by atoms with van der Waals surface area (Å²) in [6, 6.07) is 5.23. The number of amides is 1. The lowest BCUT2D eigenvalue weighted by Gasteiger charge is -2.19. The number of hydrogen-bond donors (Lipinski definition) is 1. The van der Waals surface area contributed by atoms with Crippen molar-refractivity contribution in [2.75, 3.05) is 6.61 Å². The number of halogens is 2. The van der Waals surface area contributed by atoms with E-state index in [0.717, 1.165) is 6.08 Å². The fourth-order valence-corrected chi connectivity index (χ4v) is 2.50. The Balaban J connectivity index is 2.04. The molecule has 0 saturated carbocycles. The van der Waals surface area contributed by atoms with E-state index in [9.17, 15) is 9.18 Å². The molecular weight excluding hydrogens is 393 g/mol. The van der Waals surface area contributed by atoms with Crippen LogP contribution in [-0.4, -0.2) is 33.2 Å². The molecule has 1 aromatic heterocycles. The summed E-state index contributed by atoms with van der Waals surface area (Å²) in [4.78, 5) is 11.5. The smallest absolute Gasteiger partial charge is 0.407 e. The van der Waals surface area contributed by atoms with Gasteiger partial charge in [-0.1, -0.05) is 5.21 Å². The summed E-state index contributed by atoms with van der Waals surface area (Å²) >= 11 is 3.31. The number of carbonyl (C=O) groups excluding carboxylic acids is 1. The summed E-state index contributed by atoms with van der Waals surface area (Å²) in [5.74, 6) is -0.533. The molecule has 2 rings (SSSR count). The summed E-state index contributed by atoms with van der Waals surface area (Å²) in [5.41, 5.74) is 1.05. The molecule has 0 aliphatic heterocycles. The number of nitriles is 1. The number of alkyl carbamates (subject to hydrolysis) is 1. The molecule has 1 N–H and O–H groups in total. The maximum atomic E-state index is 14.0. The molecule has 1 heterocycles. The third-order valence-electron chi connectivity index (χ3n) is 3.00. The van der Waals surface area contributed by atoms with Gasteiger partial charge in [0.05, 0.1) is 23.7 Å². The zero-order valence-corrected chi connectivity index (χ0v) is 15.6. The normalized spacial score (nSPS) is 12.1. The minimum absolute atomic E-state index is 0.179. The van der Waals surface area contributed by atoms with Crippen LogP contribution in [0.5, 0.6) is 0 Å². The highest BCUT2D eigenvalue weighted by Gasteiger charge is 2.14. The van der Waals surface area contributed by atoms with E-state index in [1.807, 2.05) is 26.8 Å². The number of hydrogen-bond acceptors (Lipinski definition) is 5. The molecule has 1 aromatic carbocycles. The molecule has 0 aliphatic carbocycles. The van der Waals surface area contributed by atoms with Gasteiger partial charge in [0.1, 0.15) is 18.0 Å². The number of rotatable bonds is 4. The van der Waals surface area contributed by atoms with Gasteiger partial charge in [-0.3, -0.25) is 0 Å². The van der Waals surface area contributed by atoms with Crippen molar-refractivity contribution in [3.05, 3.63) is 34.1 Å². The lowest BCUT2D eigenvalue weighted by Crippen LogP contribution is -2.40. The van der Waals surface area contributed by atoms with Crippen molar-refractivity contribution in [2.24, 2.45) is 0 Å². The van der Waals surface area contributed by atoms with Crippen LogP contribution in [0.4, 0.5) is 9.18 Å². The maximum absolute atomic E-state index is 14.0. The molecule has 0 aliphatic rings. The van der Waals surface area contributed by atoms with Crippen molar-refractivity contribution in [1.29, 1.82) is 5.26 Å². The Labute approximate surface area is 152 Å². The SMILES string of the molecule is CC(C)(C)NC(=O)OC/C=C(\F)Cn1nnc2c(Br)cc(C#N)cc21. The van der Waals surface area contributed by atoms with Crippen LogP contribution in [0, 0.1) is 11.3 Å². The number of nitrogens with zero attached hydrogens (tertiary/aromatic N) is 4. The van der Waals surface area contributed by atoms with E-state index in [1.165, 1.54) is 4.68 Å². The molecular formula is C16H17BrFN5O2. The second kappa shape index (κ2) is 7.61. The molecule has 0 saturated heterocycles. The minimum atomic E-state index is -0.620. The van der Waals surface area contributed by atoms with Crippen molar-refractivity contribution in [2.45, 2.75) is 32.9 Å². The quantitative estimate of drug-likeness (QED) is 0.834. The predicted octanol–water partition coefficient (Wildman–Crippen LogP) is 3.44. The highest BCUT2D eigenvalue weighted by molar-refractivity contribution is 9.10. The van der Waals surface area contributed by atoms with Crippen molar-refractivity contribution in [3.8, 4) is 6.07 Å². The van der Waals surface area contributed by atoms with Crippen LogP contribution in [0.1, 0.15) is 26.3 Å². The molecule has 0 bridgehead atoms. The monoisotopic (exact) mass is 409 g/mol.